The number of aliphatic hydroxyl groups excluding tert-OH is 1. The molecule has 5 atom stereocenters. The highest BCUT2D eigenvalue weighted by molar-refractivity contribution is 7.47. The molecule has 0 aliphatic rings. The molecule has 0 rings (SSSR count). The zero-order chi connectivity index (χ0) is 62.4. The minimum Gasteiger partial charge on any atom is -0.462 e. The molecule has 0 fully saturated rings. The predicted octanol–water partition coefficient (Wildman–Crippen LogP) is 17.4. The molecule has 3 unspecified atom stereocenters. The number of phosphoric acid groups is 2. The third-order valence-electron chi connectivity index (χ3n) is 14.3. The van der Waals surface area contributed by atoms with Gasteiger partial charge in [-0.15, -0.1) is 0 Å². The highest BCUT2D eigenvalue weighted by atomic mass is 31.2. The van der Waals surface area contributed by atoms with Gasteiger partial charge in [0.05, 0.1) is 26.4 Å². The van der Waals surface area contributed by atoms with Crippen molar-refractivity contribution in [1.29, 1.82) is 0 Å². The van der Waals surface area contributed by atoms with Crippen molar-refractivity contribution in [2.75, 3.05) is 39.6 Å². The van der Waals surface area contributed by atoms with Gasteiger partial charge < -0.3 is 33.8 Å². The Morgan fingerprint density at radius 3 is 0.964 bits per heavy atom. The summed E-state index contributed by atoms with van der Waals surface area (Å²) in [7, 11) is -9.90. The van der Waals surface area contributed by atoms with Gasteiger partial charge in [-0.05, 0) is 69.1 Å². The molecule has 84 heavy (non-hydrogen) atoms. The van der Waals surface area contributed by atoms with Gasteiger partial charge in [-0.2, -0.15) is 0 Å². The first kappa shape index (κ1) is 81.5. The second kappa shape index (κ2) is 55.8. The molecule has 0 aromatic rings. The number of allylic oxidation sites excluding steroid dienone is 4. The van der Waals surface area contributed by atoms with Crippen LogP contribution in [0.25, 0.3) is 0 Å². The smallest absolute Gasteiger partial charge is 0.462 e. The van der Waals surface area contributed by atoms with Crippen LogP contribution in [0.3, 0.4) is 0 Å². The van der Waals surface area contributed by atoms with Crippen molar-refractivity contribution in [3.8, 4) is 0 Å². The van der Waals surface area contributed by atoms with Gasteiger partial charge in [-0.3, -0.25) is 37.3 Å². The molecule has 0 saturated carbocycles. The van der Waals surface area contributed by atoms with Crippen molar-refractivity contribution >= 4 is 39.5 Å². The van der Waals surface area contributed by atoms with E-state index in [1.165, 1.54) is 77.0 Å². The van der Waals surface area contributed by atoms with Gasteiger partial charge in [0.2, 0.25) is 0 Å². The van der Waals surface area contributed by atoms with Crippen molar-refractivity contribution in [1.82, 2.24) is 0 Å². The summed E-state index contributed by atoms with van der Waals surface area (Å²) in [4.78, 5) is 72.2. The Balaban J connectivity index is 5.24. The van der Waals surface area contributed by atoms with Crippen molar-refractivity contribution in [3.63, 3.8) is 0 Å². The van der Waals surface area contributed by atoms with E-state index in [1.54, 1.807) is 0 Å². The second-order valence-electron chi connectivity index (χ2n) is 24.2. The fourth-order valence-corrected chi connectivity index (χ4v) is 10.7. The first-order valence-corrected chi connectivity index (χ1v) is 36.2. The lowest BCUT2D eigenvalue weighted by Gasteiger charge is -2.21. The minimum absolute atomic E-state index is 0.0946. The third-order valence-corrected chi connectivity index (χ3v) is 16.2. The zero-order valence-electron chi connectivity index (χ0n) is 53.8. The van der Waals surface area contributed by atoms with Gasteiger partial charge in [-0.25, -0.2) is 9.13 Å². The number of phosphoric ester groups is 2. The highest BCUT2D eigenvalue weighted by Crippen LogP contribution is 2.45. The molecule has 0 aliphatic carbocycles. The number of esters is 4. The van der Waals surface area contributed by atoms with Crippen LogP contribution in [0.1, 0.15) is 292 Å². The van der Waals surface area contributed by atoms with E-state index in [4.69, 9.17) is 37.0 Å². The molecular weight excluding hydrogens is 1110 g/mol. The van der Waals surface area contributed by atoms with E-state index in [-0.39, 0.29) is 25.7 Å². The Morgan fingerprint density at radius 2 is 0.643 bits per heavy atom. The van der Waals surface area contributed by atoms with Crippen LogP contribution in [0.2, 0.25) is 0 Å². The SMILES string of the molecule is CCCCCC/C=C\C=C/CCCCCCCC(=O)OC[C@H](COP(=O)(O)OCC(O)COP(=O)(O)OC[C@@H](COC(=O)CCCCCCCCCC(C)C)OC(=O)CCCCCCCCCC(C)C)OC(=O)CCCCCCCCC(C)C. The van der Waals surface area contributed by atoms with E-state index in [2.05, 4.69) is 72.8 Å². The van der Waals surface area contributed by atoms with Crippen LogP contribution >= 0.6 is 15.6 Å². The fraction of sp³-hybridized carbons (Fsp3) is 0.877. The van der Waals surface area contributed by atoms with Crippen LogP contribution in [0.5, 0.6) is 0 Å². The number of ether oxygens (including phenoxy) is 4. The molecule has 0 bridgehead atoms. The number of rotatable bonds is 61. The van der Waals surface area contributed by atoms with E-state index < -0.39 is 97.5 Å². The number of carbonyl (C=O) groups excluding carboxylic acids is 4. The van der Waals surface area contributed by atoms with Gasteiger partial charge in [-0.1, -0.05) is 240 Å². The van der Waals surface area contributed by atoms with Crippen molar-refractivity contribution in [3.05, 3.63) is 24.3 Å². The molecular formula is C65H122O17P2. The predicted molar refractivity (Wildman–Crippen MR) is 335 cm³/mol. The summed E-state index contributed by atoms with van der Waals surface area (Å²) in [5, 5.41) is 10.5. The quantitative estimate of drug-likeness (QED) is 0.0169. The zero-order valence-corrected chi connectivity index (χ0v) is 55.6. The molecule has 3 N–H and O–H groups in total. The average Bonchev–Trinajstić information content (AvgIpc) is 3.49. The van der Waals surface area contributed by atoms with Crippen LogP contribution in [-0.2, 0) is 65.4 Å². The number of unbranched alkanes of at least 4 members (excludes halogenated alkanes) is 26. The Kier molecular flexibility index (Phi) is 54.2. The van der Waals surface area contributed by atoms with E-state index in [0.29, 0.717) is 43.4 Å². The summed E-state index contributed by atoms with van der Waals surface area (Å²) >= 11 is 0. The highest BCUT2D eigenvalue weighted by Gasteiger charge is 2.30. The third kappa shape index (κ3) is 58.6. The molecule has 0 spiro atoms. The van der Waals surface area contributed by atoms with Gasteiger partial charge in [0.1, 0.15) is 19.3 Å². The van der Waals surface area contributed by atoms with Crippen LogP contribution in [0.4, 0.5) is 0 Å². The maximum atomic E-state index is 13.0. The summed E-state index contributed by atoms with van der Waals surface area (Å²) in [5.41, 5.74) is 0. The molecule has 0 aliphatic heterocycles. The maximum absolute atomic E-state index is 13.0. The summed E-state index contributed by atoms with van der Waals surface area (Å²) in [6, 6.07) is 0. The molecule has 19 heteroatoms. The Labute approximate surface area is 510 Å². The normalized spacial score (nSPS) is 14.5. The van der Waals surface area contributed by atoms with E-state index in [0.717, 1.165) is 116 Å². The topological polar surface area (TPSA) is 237 Å². The van der Waals surface area contributed by atoms with E-state index >= 15 is 0 Å². The van der Waals surface area contributed by atoms with Crippen LogP contribution < -0.4 is 0 Å². The molecule has 17 nitrogen and oxygen atoms in total. The van der Waals surface area contributed by atoms with Crippen LogP contribution in [0.15, 0.2) is 24.3 Å². The van der Waals surface area contributed by atoms with E-state index in [1.807, 2.05) is 0 Å². The summed E-state index contributed by atoms with van der Waals surface area (Å²) in [6.07, 6.45) is 40.2. The van der Waals surface area contributed by atoms with Crippen molar-refractivity contribution < 1.29 is 80.2 Å². The molecule has 0 aromatic heterocycles. The molecule has 0 aromatic carbocycles. The fourth-order valence-electron chi connectivity index (χ4n) is 9.12. The minimum atomic E-state index is -4.95. The standard InChI is InChI=1S/C65H122O17P2/c1-8-9-10-11-12-13-14-15-16-17-18-19-24-32-39-46-62(67)75-53-61(82-65(70)49-42-35-28-27-31-38-45-58(6)7)55-80-84(73,74)78-51-59(66)50-77-83(71,72)79-54-60(81-64(69)48-41-34-26-21-23-30-37-44-57(4)5)52-76-63(68)47-40-33-25-20-22-29-36-43-56(2)3/h13-16,56-61,66H,8-12,17-55H2,1-7H3,(H,71,72)(H,73,74)/b14-13-,16-15-/t59?,60-,61-/m1/s1. The molecule has 0 radical (unpaired) electrons. The Bertz CT molecular complexity index is 1760. The number of hydrogen-bond donors (Lipinski definition) is 3. The second-order valence-corrected chi connectivity index (χ2v) is 27.2. The lowest BCUT2D eigenvalue weighted by Crippen LogP contribution is -2.30. The average molecular weight is 1240 g/mol. The molecule has 0 amide bonds. The van der Waals surface area contributed by atoms with E-state index in [9.17, 15) is 43.2 Å². The van der Waals surface area contributed by atoms with Crippen molar-refractivity contribution in [2.45, 2.75) is 311 Å². The summed E-state index contributed by atoms with van der Waals surface area (Å²) in [5.74, 6) is -0.109. The summed E-state index contributed by atoms with van der Waals surface area (Å²) < 4.78 is 67.9. The molecule has 494 valence electrons. The largest absolute Gasteiger partial charge is 0.472 e. The van der Waals surface area contributed by atoms with Gasteiger partial charge >= 0.3 is 39.5 Å². The summed E-state index contributed by atoms with van der Waals surface area (Å²) in [6.45, 7) is 11.5. The number of hydrogen-bond acceptors (Lipinski definition) is 15. The number of aliphatic hydroxyl groups is 1. The molecule has 0 heterocycles. The van der Waals surface area contributed by atoms with Crippen molar-refractivity contribution in [2.24, 2.45) is 17.8 Å². The first-order chi connectivity index (χ1) is 40.2. The Morgan fingerprint density at radius 1 is 0.369 bits per heavy atom. The van der Waals surface area contributed by atoms with Crippen LogP contribution in [0, 0.1) is 17.8 Å². The van der Waals surface area contributed by atoms with Gasteiger partial charge in [0, 0.05) is 25.7 Å². The monoisotopic (exact) mass is 1240 g/mol. The lowest BCUT2D eigenvalue weighted by atomic mass is 10.0. The first-order valence-electron chi connectivity index (χ1n) is 33.2. The lowest BCUT2D eigenvalue weighted by molar-refractivity contribution is -0.161. The van der Waals surface area contributed by atoms with Crippen LogP contribution in [-0.4, -0.2) is 96.7 Å². The number of carbonyl (C=O) groups is 4. The maximum Gasteiger partial charge on any atom is 0.472 e. The Hall–Kier alpha value is -2.46. The van der Waals surface area contributed by atoms with Gasteiger partial charge in [0.15, 0.2) is 12.2 Å². The molecule has 0 saturated heterocycles. The van der Waals surface area contributed by atoms with Gasteiger partial charge in [0.25, 0.3) is 0 Å².